The molecule has 3 aliphatic heterocycles. The van der Waals surface area contributed by atoms with Crippen LogP contribution in [0.3, 0.4) is 0 Å². The summed E-state index contributed by atoms with van der Waals surface area (Å²) in [5, 5.41) is 47.8. The Morgan fingerprint density at radius 1 is 0.583 bits per heavy atom. The van der Waals surface area contributed by atoms with E-state index in [1.165, 1.54) is 27.2 Å². The van der Waals surface area contributed by atoms with Crippen LogP contribution < -0.4 is 75.7 Å². The van der Waals surface area contributed by atoms with E-state index < -0.39 is 228 Å². The highest BCUT2D eigenvalue weighted by atomic mass is 32.2. The number of carbonyl (C=O) groups excluding carboxylic acids is 17. The second kappa shape index (κ2) is 50.1. The Kier molecular flexibility index (Phi) is 39.1. The van der Waals surface area contributed by atoms with E-state index in [4.69, 9.17) is 22.6 Å². The van der Waals surface area contributed by atoms with Crippen molar-refractivity contribution in [3.8, 4) is 0 Å². The van der Waals surface area contributed by atoms with Crippen LogP contribution in [0.2, 0.25) is 0 Å². The van der Waals surface area contributed by atoms with Gasteiger partial charge in [0.25, 0.3) is 0 Å². The summed E-state index contributed by atoms with van der Waals surface area (Å²) < 4.78 is 0. The van der Waals surface area contributed by atoms with Crippen molar-refractivity contribution >= 4 is 164 Å². The van der Waals surface area contributed by atoms with Crippen molar-refractivity contribution in [3.05, 3.63) is 132 Å². The Bertz CT molecular complexity index is 5050. The molecule has 0 saturated carbocycles. The van der Waals surface area contributed by atoms with E-state index in [2.05, 4.69) is 73.4 Å². The number of ketones is 2. The van der Waals surface area contributed by atoms with Gasteiger partial charge in [0, 0.05) is 134 Å². The topological polar surface area (TPSA) is 616 Å². The maximum absolute atomic E-state index is 15.6. The second-order valence-corrected chi connectivity index (χ2v) is 37.9. The average Bonchev–Trinajstić information content (AvgIpc) is 1.58. The minimum Gasteiger partial charge on any atom is -0.481 e. The summed E-state index contributed by atoms with van der Waals surface area (Å²) in [6, 6.07) is 8.51. The Balaban J connectivity index is 1.13. The second-order valence-electron chi connectivity index (χ2n) is 34.4. The maximum atomic E-state index is 15.6. The molecule has 43 heteroatoms. The normalized spacial score (nSPS) is 23.5. The lowest BCUT2D eigenvalue weighted by atomic mass is 9.91. The summed E-state index contributed by atoms with van der Waals surface area (Å²) >= 11 is 3.10. The number of guanidine groups is 1. The maximum Gasteiger partial charge on any atom is 0.303 e. The number of nitrogens with two attached hydrogens (primary N) is 3. The van der Waals surface area contributed by atoms with Crippen molar-refractivity contribution in [3.63, 3.8) is 0 Å². The number of para-hydroxylation sites is 1. The molecule has 15 amide bonds. The van der Waals surface area contributed by atoms with E-state index in [9.17, 15) is 53.1 Å². The highest BCUT2D eigenvalue weighted by Gasteiger charge is 2.41. The molecule has 3 aromatic carbocycles. The molecular weight excluding hydrogens is 1760 g/mol. The first-order valence-electron chi connectivity index (χ1n) is 43.7. The van der Waals surface area contributed by atoms with Crippen LogP contribution in [0.1, 0.15) is 140 Å². The lowest BCUT2D eigenvalue weighted by Gasteiger charge is -2.42. The molecule has 132 heavy (non-hydrogen) atoms. The van der Waals surface area contributed by atoms with Crippen molar-refractivity contribution in [2.75, 3.05) is 67.6 Å². The molecule has 0 spiro atoms. The van der Waals surface area contributed by atoms with Gasteiger partial charge < -0.3 is 105 Å². The first-order chi connectivity index (χ1) is 62.9. The third-order valence-electron chi connectivity index (χ3n) is 22.5. The number of nitrogens with zero attached hydrogens (tertiary/aromatic N) is 4. The monoisotopic (exact) mass is 1880 g/mol. The van der Waals surface area contributed by atoms with Crippen LogP contribution in [0.4, 0.5) is 0 Å². The third kappa shape index (κ3) is 32.1. The first-order valence-corrected chi connectivity index (χ1v) is 47.2. The van der Waals surface area contributed by atoms with Gasteiger partial charge in [0.2, 0.25) is 88.6 Å². The lowest BCUT2D eigenvalue weighted by Crippen LogP contribution is -2.59. The van der Waals surface area contributed by atoms with Crippen molar-refractivity contribution < 1.29 is 91.4 Å². The number of carboxylic acids is 1. The number of imidazole rings is 1. The van der Waals surface area contributed by atoms with E-state index >= 15 is 38.4 Å². The number of primary amides is 2. The van der Waals surface area contributed by atoms with E-state index in [0.717, 1.165) is 46.4 Å². The van der Waals surface area contributed by atoms with Crippen molar-refractivity contribution in [1.29, 1.82) is 5.41 Å². The molecule has 9 rings (SSSR count). The van der Waals surface area contributed by atoms with E-state index in [-0.39, 0.29) is 125 Å². The van der Waals surface area contributed by atoms with Crippen molar-refractivity contribution in [2.24, 2.45) is 40.4 Å². The molecule has 4 bridgehead atoms. The van der Waals surface area contributed by atoms with Gasteiger partial charge >= 0.3 is 5.97 Å². The summed E-state index contributed by atoms with van der Waals surface area (Å²) in [5.41, 5.74) is 20.5. The predicted molar refractivity (Wildman–Crippen MR) is 493 cm³/mol. The number of aromatic nitrogens is 3. The fraction of sp³-hybridized carbons (Fsp3) is 0.506. The molecule has 11 atom stereocenters. The summed E-state index contributed by atoms with van der Waals surface area (Å²) in [6.45, 7) is 6.42. The summed E-state index contributed by atoms with van der Waals surface area (Å²) in [6.07, 6.45) is 0.854. The number of benzene rings is 3. The molecule has 3 fully saturated rings. The van der Waals surface area contributed by atoms with Crippen LogP contribution in [0.15, 0.2) is 104 Å². The Morgan fingerprint density at radius 3 is 1.77 bits per heavy atom. The molecule has 40 nitrogen and oxygen atoms in total. The van der Waals surface area contributed by atoms with Gasteiger partial charge in [-0.1, -0.05) is 113 Å². The van der Waals surface area contributed by atoms with E-state index in [0.29, 0.717) is 39.7 Å². The van der Waals surface area contributed by atoms with Crippen LogP contribution in [0.25, 0.3) is 16.5 Å². The van der Waals surface area contributed by atoms with Gasteiger partial charge in [-0.05, 0) is 71.9 Å². The highest BCUT2D eigenvalue weighted by molar-refractivity contribution is 7.99. The zero-order chi connectivity index (χ0) is 95.9. The van der Waals surface area contributed by atoms with Gasteiger partial charge in [-0.3, -0.25) is 91.7 Å². The Morgan fingerprint density at radius 2 is 1.14 bits per heavy atom. The molecule has 4 aliphatic rings. The van der Waals surface area contributed by atoms with Gasteiger partial charge in [0.15, 0.2) is 17.5 Å². The smallest absolute Gasteiger partial charge is 0.303 e. The third-order valence-corrected chi connectivity index (χ3v) is 25.7. The molecule has 0 unspecified atom stereocenters. The van der Waals surface area contributed by atoms with Crippen LogP contribution in [0.5, 0.6) is 0 Å². The number of carbonyl (C=O) groups is 18. The largest absolute Gasteiger partial charge is 0.481 e. The lowest BCUT2D eigenvalue weighted by molar-refractivity contribution is -0.158. The SMILES string of the molecule is CC(C)C[C@@H]1NC(=O)[C@@H](CC2=CCc3ccccc32)NC(=O)[C@H](Cc2c[nH]cn2)CC(=O)[C@@H](NC(=O)C(C)(C)C)CSCCC(=O)N2CN3CN(C2)C(=O)CCSC[C@@H](C(N)=O)NC(=O)[C@H](Cc2ccccc2)NC(=O)CNC(=O)[C@H](CCCNC(=N)N)NC(=O)[C@H](Cc2c[nH]c4ccccc24)NC(=O)[C@H](CSCCC3=O)CC(=O)[C@@H](CC(N)=O)NC(=O)[C@H](CCC(=O)O)NC1=O. The van der Waals surface area contributed by atoms with Gasteiger partial charge in [-0.15, -0.1) is 0 Å². The Hall–Kier alpha value is -12.7. The van der Waals surface area contributed by atoms with Crippen molar-refractivity contribution in [1.82, 2.24) is 88.1 Å². The number of thioether (sulfide) groups is 3. The molecule has 1 aliphatic carbocycles. The fourth-order valence-electron chi connectivity index (χ4n) is 15.2. The number of H-pyrrole nitrogens is 2. The van der Waals surface area contributed by atoms with Crippen LogP contribution in [0, 0.1) is 28.6 Å². The van der Waals surface area contributed by atoms with Gasteiger partial charge in [-0.2, -0.15) is 35.3 Å². The summed E-state index contributed by atoms with van der Waals surface area (Å²) in [5.74, 6) is -21.0. The molecule has 5 aromatic rings. The zero-order valence-corrected chi connectivity index (χ0v) is 76.8. The van der Waals surface area contributed by atoms with Gasteiger partial charge in [0.1, 0.15) is 42.3 Å². The number of aromatic amines is 2. The summed E-state index contributed by atoms with van der Waals surface area (Å²) in [7, 11) is 0. The number of fused-ring (bicyclic) bond motifs is 9. The van der Waals surface area contributed by atoms with E-state index in [1.807, 2.05) is 24.3 Å². The molecule has 21 N–H and O–H groups in total. The number of aliphatic carboxylic acids is 1. The number of carboxylic acid groups (broad SMARTS) is 1. The number of hydrogen-bond acceptors (Lipinski definition) is 23. The van der Waals surface area contributed by atoms with Gasteiger partial charge in [0.05, 0.1) is 68.9 Å². The minimum absolute atomic E-state index is 0.00633. The molecule has 712 valence electrons. The standard InChI is InChI=1S/C89H119N21O19S3/c1-50(2)32-64-83(125)101-62(23-24-77(118)119)82(124)102-63(39-72(90)113)70(111)38-56-43-130-29-25-74(115)108-47-109(75(116)26-30-131-44-68(107-87(129)89(3,4)5)71(112)37-54(34-57-41-94-46-98-57)79(121)103-66(86(128)105-64)35-53-22-21-52-16-9-10-17-58(52)53)49-110(48-108)76(117)27-31-132-45-69(78(91)120)106-84(126)65(33-51-14-7-6-8-15-51)99-73(114)42-97-81(123)61(20-13-28-95-88(92)93)100-85(127)67(104-80(56)122)36-55-40-96-60-19-12-11-18-59(55)60/h6-12,14-19,22,40-41,46,50,54,56,61-69,96H,13,20-21,23-39,42-45,47-49H2,1-5H3,(H2,90,113)(H2,91,120)(H,94,98)(H,97,123)(H,99,114)(H,100,127)(H,101,125)(H,102,124)(H,103,121)(H,104,122)(H,105,128)(H,106,126)(H,107,129)(H,118,119)(H4,92,93,95)/t54-,56+,61+,62+,63-,64+,65+,66-,67+,68+,69+/m1/s1. The molecule has 0 radical (unpaired) electrons. The number of nitrogens with one attached hydrogen (secondary N) is 14. The molecule has 5 heterocycles. The average molecular weight is 1880 g/mol. The number of Topliss-reactive ketones (excluding diaryl/α,β-unsaturated/α-hetero) is 2. The fourth-order valence-corrected chi connectivity index (χ4v) is 18.2. The molecule has 3 saturated heterocycles. The van der Waals surface area contributed by atoms with Crippen LogP contribution in [-0.4, -0.2) is 269 Å². The molecule has 2 aromatic heterocycles. The van der Waals surface area contributed by atoms with Crippen LogP contribution >= 0.6 is 35.3 Å². The van der Waals surface area contributed by atoms with Gasteiger partial charge in [-0.25, -0.2) is 4.98 Å². The number of hydrogen-bond donors (Lipinski definition) is 18. The molecular formula is C89H119N21O19S3. The Labute approximate surface area is 775 Å². The predicted octanol–water partition coefficient (Wildman–Crippen LogP) is -0.0711. The van der Waals surface area contributed by atoms with Crippen molar-refractivity contribution in [2.45, 2.75) is 192 Å². The van der Waals surface area contributed by atoms with Crippen LogP contribution in [-0.2, 0) is 112 Å². The van der Waals surface area contributed by atoms with E-state index in [1.54, 1.807) is 101 Å². The number of rotatable bonds is 21. The number of allylic oxidation sites excluding steroid dienone is 1. The summed E-state index contributed by atoms with van der Waals surface area (Å²) in [4.78, 5) is 277. The zero-order valence-electron chi connectivity index (χ0n) is 74.4. The first kappa shape index (κ1) is 103. The minimum atomic E-state index is -1.95. The number of amides is 15. The quantitative estimate of drug-likeness (QED) is 0.0260. The highest BCUT2D eigenvalue weighted by Crippen LogP contribution is 2.32.